The van der Waals surface area contributed by atoms with E-state index in [1.54, 1.807) is 6.08 Å². The lowest BCUT2D eigenvalue weighted by atomic mass is 10.1. The molecule has 0 aliphatic carbocycles. The average Bonchev–Trinajstić information content (AvgIpc) is 2.54. The molecule has 0 amide bonds. The minimum Gasteiger partial charge on any atom is -0.490 e. The van der Waals surface area contributed by atoms with Gasteiger partial charge < -0.3 is 9.47 Å². The van der Waals surface area contributed by atoms with Gasteiger partial charge in [0.25, 0.3) is 0 Å². The largest absolute Gasteiger partial charge is 0.490 e. The molecule has 3 heteroatoms. The molecule has 0 atom stereocenters. The molecule has 0 aromatic heterocycles. The standard InChI is InChI=1S/C18H18O3/c1-20-18(19)8-5-13-21-17-11-9-16(10-12-17)14-15-6-3-2-4-7-15/h2-12H,13-14H2,1H3/b8-5+. The van der Waals surface area contributed by atoms with Crippen LogP contribution < -0.4 is 4.74 Å². The predicted molar refractivity (Wildman–Crippen MR) is 82.3 cm³/mol. The minimum absolute atomic E-state index is 0.340. The Morgan fingerprint density at radius 2 is 1.67 bits per heavy atom. The minimum atomic E-state index is -0.378. The second-order valence-electron chi connectivity index (χ2n) is 4.54. The van der Waals surface area contributed by atoms with Crippen molar-refractivity contribution in [1.82, 2.24) is 0 Å². The van der Waals surface area contributed by atoms with Gasteiger partial charge in [-0.1, -0.05) is 42.5 Å². The normalized spacial score (nSPS) is 10.5. The summed E-state index contributed by atoms with van der Waals surface area (Å²) in [4.78, 5) is 10.9. The van der Waals surface area contributed by atoms with E-state index in [4.69, 9.17) is 4.74 Å². The molecule has 108 valence electrons. The molecular weight excluding hydrogens is 264 g/mol. The van der Waals surface area contributed by atoms with E-state index in [0.29, 0.717) is 6.61 Å². The first-order valence-corrected chi connectivity index (χ1v) is 6.78. The fourth-order valence-corrected chi connectivity index (χ4v) is 1.89. The van der Waals surface area contributed by atoms with Crippen molar-refractivity contribution in [2.75, 3.05) is 13.7 Å². The number of carbonyl (C=O) groups excluding carboxylic acids is 1. The Balaban J connectivity index is 1.85. The second-order valence-corrected chi connectivity index (χ2v) is 4.54. The second kappa shape index (κ2) is 7.90. The van der Waals surface area contributed by atoms with Crippen molar-refractivity contribution in [2.45, 2.75) is 6.42 Å². The molecule has 2 rings (SSSR count). The smallest absolute Gasteiger partial charge is 0.330 e. The van der Waals surface area contributed by atoms with Crippen LogP contribution in [0.5, 0.6) is 5.75 Å². The quantitative estimate of drug-likeness (QED) is 0.602. The fraction of sp³-hybridized carbons (Fsp3) is 0.167. The first-order chi connectivity index (χ1) is 10.3. The van der Waals surface area contributed by atoms with E-state index < -0.39 is 0 Å². The summed E-state index contributed by atoms with van der Waals surface area (Å²) in [6, 6.07) is 18.3. The molecule has 0 saturated heterocycles. The molecule has 0 fully saturated rings. The lowest BCUT2D eigenvalue weighted by molar-refractivity contribution is -0.134. The maximum absolute atomic E-state index is 10.9. The molecule has 21 heavy (non-hydrogen) atoms. The molecule has 0 aliphatic heterocycles. The van der Waals surface area contributed by atoms with Gasteiger partial charge in [0, 0.05) is 6.08 Å². The maximum Gasteiger partial charge on any atom is 0.330 e. The van der Waals surface area contributed by atoms with Crippen molar-refractivity contribution in [3.8, 4) is 5.75 Å². The van der Waals surface area contributed by atoms with E-state index >= 15 is 0 Å². The molecule has 3 nitrogen and oxygen atoms in total. The molecule has 0 heterocycles. The van der Waals surface area contributed by atoms with Crippen LogP contribution >= 0.6 is 0 Å². The molecular formula is C18H18O3. The molecule has 0 radical (unpaired) electrons. The third-order valence-corrected chi connectivity index (χ3v) is 2.98. The van der Waals surface area contributed by atoms with E-state index in [2.05, 4.69) is 16.9 Å². The third kappa shape index (κ3) is 5.15. The molecule has 0 N–H and O–H groups in total. The molecule has 0 aliphatic rings. The Hall–Kier alpha value is -2.55. The molecule has 0 saturated carbocycles. The third-order valence-electron chi connectivity index (χ3n) is 2.98. The molecule has 2 aromatic rings. The maximum atomic E-state index is 10.9. The number of methoxy groups -OCH3 is 1. The highest BCUT2D eigenvalue weighted by atomic mass is 16.5. The lowest BCUT2D eigenvalue weighted by Gasteiger charge is -2.05. The van der Waals surface area contributed by atoms with Gasteiger partial charge in [-0.05, 0) is 35.8 Å². The van der Waals surface area contributed by atoms with Crippen LogP contribution in [0.1, 0.15) is 11.1 Å². The van der Waals surface area contributed by atoms with E-state index in [1.165, 1.54) is 24.3 Å². The van der Waals surface area contributed by atoms with Crippen LogP contribution in [-0.4, -0.2) is 19.7 Å². The number of carbonyl (C=O) groups is 1. The summed E-state index contributed by atoms with van der Waals surface area (Å²) in [5, 5.41) is 0. The summed E-state index contributed by atoms with van der Waals surface area (Å²) in [7, 11) is 1.35. The van der Waals surface area contributed by atoms with Gasteiger partial charge >= 0.3 is 5.97 Å². The summed E-state index contributed by atoms with van der Waals surface area (Å²) in [6.45, 7) is 0.340. The highest BCUT2D eigenvalue weighted by molar-refractivity contribution is 5.81. The zero-order chi connectivity index (χ0) is 14.9. The van der Waals surface area contributed by atoms with Crippen LogP contribution in [-0.2, 0) is 16.0 Å². The highest BCUT2D eigenvalue weighted by Gasteiger charge is 1.97. The lowest BCUT2D eigenvalue weighted by Crippen LogP contribution is -1.98. The number of ether oxygens (including phenoxy) is 2. The van der Waals surface area contributed by atoms with Crippen LogP contribution in [0.4, 0.5) is 0 Å². The van der Waals surface area contributed by atoms with Gasteiger partial charge in [0.15, 0.2) is 0 Å². The predicted octanol–water partition coefficient (Wildman–Crippen LogP) is 3.39. The zero-order valence-electron chi connectivity index (χ0n) is 12.0. The summed E-state index contributed by atoms with van der Waals surface area (Å²) < 4.78 is 10.0. The summed E-state index contributed by atoms with van der Waals surface area (Å²) in [5.74, 6) is 0.401. The van der Waals surface area contributed by atoms with Crippen molar-refractivity contribution in [1.29, 1.82) is 0 Å². The van der Waals surface area contributed by atoms with Crippen LogP contribution in [0.2, 0.25) is 0 Å². The Labute approximate surface area is 124 Å². The number of rotatable bonds is 6. The van der Waals surface area contributed by atoms with Gasteiger partial charge in [-0.15, -0.1) is 0 Å². The first kappa shape index (κ1) is 14.9. The Morgan fingerprint density at radius 1 is 1.00 bits per heavy atom. The van der Waals surface area contributed by atoms with Gasteiger partial charge in [0.1, 0.15) is 12.4 Å². The van der Waals surface area contributed by atoms with E-state index in [1.807, 2.05) is 42.5 Å². The van der Waals surface area contributed by atoms with E-state index in [-0.39, 0.29) is 5.97 Å². The van der Waals surface area contributed by atoms with Crippen molar-refractivity contribution >= 4 is 5.97 Å². The van der Waals surface area contributed by atoms with Crippen LogP contribution in [0.25, 0.3) is 0 Å². The van der Waals surface area contributed by atoms with Crippen LogP contribution in [0, 0.1) is 0 Å². The molecule has 0 unspecified atom stereocenters. The van der Waals surface area contributed by atoms with Gasteiger partial charge in [-0.25, -0.2) is 4.79 Å². The van der Waals surface area contributed by atoms with E-state index in [9.17, 15) is 4.79 Å². The summed E-state index contributed by atoms with van der Waals surface area (Å²) in [5.41, 5.74) is 2.52. The van der Waals surface area contributed by atoms with Gasteiger partial charge in [-0.3, -0.25) is 0 Å². The van der Waals surface area contributed by atoms with Gasteiger partial charge in [0.05, 0.1) is 7.11 Å². The van der Waals surface area contributed by atoms with Gasteiger partial charge in [-0.2, -0.15) is 0 Å². The first-order valence-electron chi connectivity index (χ1n) is 6.78. The van der Waals surface area contributed by atoms with Crippen molar-refractivity contribution in [3.63, 3.8) is 0 Å². The Kier molecular flexibility index (Phi) is 5.59. The Bertz CT molecular complexity index is 586. The van der Waals surface area contributed by atoms with E-state index in [0.717, 1.165) is 12.2 Å². The molecule has 2 aromatic carbocycles. The highest BCUT2D eigenvalue weighted by Crippen LogP contribution is 2.15. The summed E-state index contributed by atoms with van der Waals surface area (Å²) in [6.07, 6.45) is 3.89. The van der Waals surface area contributed by atoms with Crippen molar-refractivity contribution < 1.29 is 14.3 Å². The van der Waals surface area contributed by atoms with Gasteiger partial charge in [0.2, 0.25) is 0 Å². The Morgan fingerprint density at radius 3 is 2.33 bits per heavy atom. The van der Waals surface area contributed by atoms with Crippen LogP contribution in [0.3, 0.4) is 0 Å². The average molecular weight is 282 g/mol. The SMILES string of the molecule is COC(=O)/C=C/COc1ccc(Cc2ccccc2)cc1. The zero-order valence-corrected chi connectivity index (χ0v) is 12.0. The topological polar surface area (TPSA) is 35.5 Å². The number of esters is 1. The van der Waals surface area contributed by atoms with Crippen LogP contribution in [0.15, 0.2) is 66.7 Å². The fourth-order valence-electron chi connectivity index (χ4n) is 1.89. The molecule has 0 bridgehead atoms. The van der Waals surface area contributed by atoms with Crippen molar-refractivity contribution in [3.05, 3.63) is 77.9 Å². The monoisotopic (exact) mass is 282 g/mol. The van der Waals surface area contributed by atoms with Crippen molar-refractivity contribution in [2.24, 2.45) is 0 Å². The molecule has 0 spiro atoms. The summed E-state index contributed by atoms with van der Waals surface area (Å²) >= 11 is 0. The number of benzene rings is 2. The number of hydrogen-bond acceptors (Lipinski definition) is 3. The number of hydrogen-bond donors (Lipinski definition) is 0.